The van der Waals surface area contributed by atoms with Crippen molar-refractivity contribution in [1.82, 2.24) is 35.5 Å². The molecule has 4 atom stereocenters. The number of rotatable bonds is 25. The first kappa shape index (κ1) is 60.3. The lowest BCUT2D eigenvalue weighted by atomic mass is 9.87. The van der Waals surface area contributed by atoms with Crippen molar-refractivity contribution < 1.29 is 172 Å². The van der Waals surface area contributed by atoms with Crippen LogP contribution in [0.15, 0.2) is 152 Å². The van der Waals surface area contributed by atoms with Crippen molar-refractivity contribution in [3.63, 3.8) is 0 Å². The molecule has 3 aliphatic rings. The molecular weight excluding hydrogens is 1410 g/mol. The Balaban J connectivity index is -0.0000000400. The molecule has 4 aromatic rings. The number of benzene rings is 3. The molecule has 4 heterocycles. The van der Waals surface area contributed by atoms with Crippen LogP contribution in [0.3, 0.4) is 0 Å². The standard InChI is InChI=1S/C16H22N2O3.C11H21NO4.C9H18N2O3.C9H15NO3.C8H10.C7H15NO4.C7H9NO.C5H5N.C4H7Br.28H2/c1-3-20-15(19)17-10-14-16(2,11-17)12-21-18(14)9-13-7-5-4-6-8-13;1-6-16-11(13)12(7-9(2)3)8-10(14-4)15-5;1-3-14-8(13)11-4-7(10)9(2,5-11)6-12;1-4-13-9(12)10(5-6-11)7-8(2)3;1-7-3-5-8(2)6-4-7;1-4-12-7(9)8-5-6(10-2)11-3;9-8-6-7-4-2-1-3-5-7;1-2-4-6-5-3-1;1-4(2)3-5;;;;;;;;;;;;;;;;;;;;;;;;;;;;/h4-8,14H,3,9-12H2,1-2H3;10H,2,6-8H2,1,3-5H3;7,12H,3-6,10H2,1-2H3;6H,2,4-5,7H2,1,3H3;3-6H,1-2H3;6H,4-5H2,1-3H3,(H,8,9);1-5,8-9H,6H2;1-5H;1,3H2,2H3;28*1H/p+1/i;;;;;;;;;26*1+1D;2*1+1. The van der Waals surface area contributed by atoms with Crippen LogP contribution in [0.2, 0.25) is 0 Å². The number of nitrogens with two attached hydrogens (primary N) is 1. The highest BCUT2D eigenvalue weighted by atomic mass is 79.9. The molecule has 0 bridgehead atoms. The number of fused-ring (bicyclic) bond motifs is 1. The van der Waals surface area contributed by atoms with Gasteiger partial charge in [0, 0.05) is 195 Å². The molecule has 3 aromatic carbocycles. The second-order valence-electron chi connectivity index (χ2n) is 24.4. The summed E-state index contributed by atoms with van der Waals surface area (Å²) in [6.45, 7) is 41.2. The number of alkyl carbamates (subject to hydrolysis) is 1. The molecule has 1 aromatic heterocycles. The summed E-state index contributed by atoms with van der Waals surface area (Å²) < 4.78 is 304. The molecule has 4 unspecified atom stereocenters. The number of aryl methyl sites for hydroxylation is 2. The monoisotopic (exact) mass is 1640 g/mol. The van der Waals surface area contributed by atoms with E-state index in [0.29, 0.717) is 98.3 Å². The van der Waals surface area contributed by atoms with Gasteiger partial charge in [0.05, 0.1) is 71.9 Å². The fraction of sp³-hybridized carbons (Fsp3) is 0.539. The summed E-state index contributed by atoms with van der Waals surface area (Å²) in [6, 6.07) is 34.4. The number of aliphatic hydroxyl groups is 1. The van der Waals surface area contributed by atoms with Crippen molar-refractivity contribution in [3.8, 4) is 0 Å². The maximum absolute atomic E-state index is 11.9. The fourth-order valence-electron chi connectivity index (χ4n) is 9.09. The van der Waals surface area contributed by atoms with Gasteiger partial charge in [-0.2, -0.15) is 5.06 Å². The first-order valence-corrected chi connectivity index (χ1v) is 35.4. The van der Waals surface area contributed by atoms with Crippen LogP contribution in [-0.2, 0) is 65.4 Å². The van der Waals surface area contributed by atoms with Gasteiger partial charge in [0.15, 0.2) is 25.0 Å². The van der Waals surface area contributed by atoms with Gasteiger partial charge >= 0.3 is 30.5 Å². The zero-order valence-corrected chi connectivity index (χ0v) is 66.1. The van der Waals surface area contributed by atoms with Crippen molar-refractivity contribution in [2.24, 2.45) is 16.6 Å². The number of allylic oxidation sites excluding steroid dienone is 1. The van der Waals surface area contributed by atoms with Crippen LogP contribution >= 0.6 is 15.9 Å². The molecule has 7 rings (SSSR count). The molecule has 3 aliphatic heterocycles. The Morgan fingerprint density at radius 3 is 1.51 bits per heavy atom. The van der Waals surface area contributed by atoms with Crippen LogP contribution < -0.4 is 21.5 Å². The molecule has 7 N–H and O–H groups in total. The molecule has 28 heteroatoms. The van der Waals surface area contributed by atoms with Gasteiger partial charge in [0.25, 0.3) is 0 Å². The molecule has 0 spiro atoms. The van der Waals surface area contributed by atoms with Crippen LogP contribution in [-0.4, -0.2) is 235 Å². The number of aromatic nitrogens is 1. The summed E-state index contributed by atoms with van der Waals surface area (Å²) >= 11 is 3.21. The van der Waals surface area contributed by atoms with Crippen LogP contribution in [0, 0.1) is 24.7 Å². The van der Waals surface area contributed by atoms with Crippen LogP contribution in [0.1, 0.15) is 172 Å². The molecule has 27 nitrogen and oxygen atoms in total. The van der Waals surface area contributed by atoms with Crippen molar-refractivity contribution >= 4 is 52.7 Å². The van der Waals surface area contributed by atoms with Gasteiger partial charge in [0.2, 0.25) is 0 Å². The third-order valence-corrected chi connectivity index (χ3v) is 15.6. The van der Waals surface area contributed by atoms with E-state index >= 15 is 0 Å². The lowest BCUT2D eigenvalue weighted by Gasteiger charge is -2.25. The van der Waals surface area contributed by atoms with E-state index < -0.39 is 30.2 Å². The normalized spacial score (nSPS) is 18.3. The number of alkyl halides is 1. The maximum atomic E-state index is 11.9. The van der Waals surface area contributed by atoms with E-state index in [1.54, 1.807) is 44.4 Å². The zero-order chi connectivity index (χ0) is 131. The summed E-state index contributed by atoms with van der Waals surface area (Å²) in [6.07, 6.45) is 1.66. The van der Waals surface area contributed by atoms with Gasteiger partial charge in [-0.25, -0.2) is 34.4 Å². The van der Waals surface area contributed by atoms with Gasteiger partial charge in [-0.15, -0.1) is 0 Å². The third kappa shape index (κ3) is 44.7. The summed E-state index contributed by atoms with van der Waals surface area (Å²) in [5.41, 5.74) is 15.3. The van der Waals surface area contributed by atoms with E-state index in [4.69, 9.17) is 136 Å². The van der Waals surface area contributed by atoms with Crippen molar-refractivity contribution in [2.45, 2.75) is 121 Å². The van der Waals surface area contributed by atoms with Crippen LogP contribution in [0.4, 0.5) is 24.0 Å². The summed E-state index contributed by atoms with van der Waals surface area (Å²) in [4.78, 5) is 81.9. The van der Waals surface area contributed by atoms with Crippen molar-refractivity contribution in [2.75, 3.05) is 139 Å². The lowest BCUT2D eigenvalue weighted by Crippen LogP contribution is -2.40. The van der Waals surface area contributed by atoms with Gasteiger partial charge in [-0.1, -0.05) is 168 Å². The van der Waals surface area contributed by atoms with Crippen LogP contribution in [0.25, 0.3) is 0 Å². The third-order valence-electron chi connectivity index (χ3n) is 14.7. The minimum absolute atomic E-state index is 0. The Labute approximate surface area is 710 Å². The number of ether oxygens (including phenoxy) is 9. The number of hydroxylamine groups is 3. The number of carbonyl (C=O) groups excluding carboxylic acids is 6. The van der Waals surface area contributed by atoms with E-state index in [0.717, 1.165) is 28.6 Å². The Morgan fingerprint density at radius 1 is 0.683 bits per heavy atom. The second-order valence-corrected chi connectivity index (χ2v) is 24.9. The Morgan fingerprint density at radius 2 is 1.12 bits per heavy atom. The number of nitrogens with zero attached hydrogens (tertiary/aromatic N) is 5. The fourth-order valence-corrected chi connectivity index (χ4v) is 9.09. The number of halogens is 1. The summed E-state index contributed by atoms with van der Waals surface area (Å²) in [5, 5.41) is 22.9. The highest BCUT2D eigenvalue weighted by Crippen LogP contribution is 2.40. The number of pyridine rings is 1. The molecule has 642 valence electrons. The largest absolute Gasteiger partial charge is 0.450 e. The van der Waals surface area contributed by atoms with Crippen molar-refractivity contribution in [3.05, 3.63) is 174 Å². The number of H-pyrrole nitrogens is 1. The van der Waals surface area contributed by atoms with Gasteiger partial charge in [0.1, 0.15) is 6.29 Å². The predicted octanol–water partition coefficient (Wildman–Crippen LogP) is 18.1. The molecule has 5 amide bonds. The number of aliphatic hydroxyl groups excluding tert-OH is 1. The van der Waals surface area contributed by atoms with Crippen LogP contribution in [0.5, 0.6) is 0 Å². The minimum Gasteiger partial charge on any atom is -0.450 e. The maximum Gasteiger partial charge on any atom is 0.410 e. The Bertz CT molecular complexity index is 3040. The highest BCUT2D eigenvalue weighted by molar-refractivity contribution is 9.09. The molecule has 104 heavy (non-hydrogen) atoms. The van der Waals surface area contributed by atoms with Gasteiger partial charge in [-0.3, -0.25) is 14.6 Å². The Hall–Kier alpha value is -7.87. The molecule has 0 saturated carbocycles. The number of nitrogens with one attached hydrogen (secondary N) is 3. The van der Waals surface area contributed by atoms with Crippen molar-refractivity contribution in [1.29, 1.82) is 0 Å². The van der Waals surface area contributed by atoms with E-state index in [-0.39, 0.29) is 58.3 Å². The number of aromatic amines is 1. The quantitative estimate of drug-likeness (QED) is 0.0103. The molecule has 3 saturated heterocycles. The highest BCUT2D eigenvalue weighted by Gasteiger charge is 2.53. The number of methoxy groups -OCH3 is 4. The summed E-state index contributed by atoms with van der Waals surface area (Å²) in [7, 11) is 6.05. The average molecular weight is 1640 g/mol. The van der Waals surface area contributed by atoms with E-state index in [2.05, 4.69) is 113 Å². The number of hydrogen-bond acceptors (Lipinski definition) is 21. The smallest absolute Gasteiger partial charge is 0.410 e. The topological polar surface area (TPSA) is 316 Å². The number of amides is 5. The van der Waals surface area contributed by atoms with E-state index in [1.165, 1.54) is 60.5 Å². The second kappa shape index (κ2) is 59.4. The SMILES string of the molecule is C=C(C)CBr.C=C(C)CN(CC(OC)OC)C(=O)OCC.C=C(C)CN(CC=O)C(=O)OCC.CCOC(=O)N1CC(N)C(C)(CO)C1.CCOC(=O)N1CC2N(Cc3ccccc3)OCC2(C)C1.CCOC(=O)NCC(OC)OC.Cc1ccc(C)cc1.ONCc1ccccc1.[2HH].[2HH].[2H][2H].[2H][2H].[2H][2H].[2H][2H].[2H][2H].[2H][2H].[2H][2H].[2H][2H].[2H][2H].[2H][2H].[2H][2H].[2H][2H].[2H][2H].[2H][2H].[2H][2H].[2H][2H].[2H][2H].[2H][2H].[2H][2H].[2H][2H].[2H][2H].[2H][2H].[2H][2H].[2H][2H].[2H][2H].[2H][2H].c1cc[nH+]cc1. The number of hydrogen-bond donors (Lipinski definition) is 5. The lowest BCUT2D eigenvalue weighted by molar-refractivity contribution is -0.378. The van der Waals surface area contributed by atoms with Gasteiger partial charge in [-0.05, 0) is 80.4 Å². The number of aldehydes is 1. The average Bonchev–Trinajstić information content (AvgIpc) is 1.60. The predicted molar refractivity (Wildman–Crippen MR) is 465 cm³/mol. The minimum atomic E-state index is -0.474. The molecular formula is C76H179BrN9O18+. The zero-order valence-electron chi connectivity index (χ0n) is 117. The first-order valence-electron chi connectivity index (χ1n) is 60.3. The van der Waals surface area contributed by atoms with E-state index in [9.17, 15) is 28.8 Å². The van der Waals surface area contributed by atoms with E-state index in [1.807, 2.05) is 112 Å². The first-order chi connectivity index (χ1) is 75.5. The number of carbonyl (C=O) groups is 6. The molecule has 0 radical (unpaired) electrons. The molecule has 3 fully saturated rings. The Kier molecular flexibility index (Phi) is 34.4. The van der Waals surface area contributed by atoms with Gasteiger partial charge < -0.3 is 78.6 Å². The number of likely N-dealkylation sites (tertiary alicyclic amines) is 2. The molecule has 0 aliphatic carbocycles. The summed E-state index contributed by atoms with van der Waals surface area (Å²) in [5.74, 6) is 0.